The first-order valence-electron chi connectivity index (χ1n) is 3.72. The van der Waals surface area contributed by atoms with Gasteiger partial charge in [0.25, 0.3) is 0 Å². The van der Waals surface area contributed by atoms with Crippen LogP contribution in [0.5, 0.6) is 0 Å². The van der Waals surface area contributed by atoms with E-state index in [0.717, 1.165) is 0 Å². The number of carbonyl (C=O) groups is 1. The second-order valence-electron chi connectivity index (χ2n) is 3.59. The molecule has 0 atom stereocenters. The third-order valence-corrected chi connectivity index (χ3v) is 0.692. The average Bonchev–Trinajstić information content (AvgIpc) is 1.79. The Hall–Kier alpha value is -1.06. The normalized spacial score (nSPS) is 10.4. The molecule has 0 heterocycles. The fraction of sp³-hybridized carbons (Fsp3) is 0.750. The van der Waals surface area contributed by atoms with Gasteiger partial charge in [-0.3, -0.25) is 4.84 Å². The lowest BCUT2D eigenvalue weighted by atomic mass is 10.2. The van der Waals surface area contributed by atoms with E-state index < -0.39 is 11.8 Å². The van der Waals surface area contributed by atoms with Crippen LogP contribution in [0.2, 0.25) is 0 Å². The van der Waals surface area contributed by atoms with Crippen molar-refractivity contribution in [3.05, 3.63) is 0 Å². The quantitative estimate of drug-likeness (QED) is 0.264. The highest BCUT2D eigenvalue weighted by molar-refractivity contribution is 5.79. The summed E-state index contributed by atoms with van der Waals surface area (Å²) in [4.78, 5) is 15.2. The minimum atomic E-state index is -0.774. The predicted octanol–water partition coefficient (Wildman–Crippen LogP) is 2.33. The minimum absolute atomic E-state index is 0.533. The van der Waals surface area contributed by atoms with E-state index in [9.17, 15) is 4.79 Å². The number of hydrogen-bond donors (Lipinski definition) is 0. The molecular formula is C8H15NO3. The largest absolute Gasteiger partial charge is 0.535 e. The molecule has 0 aromatic carbocycles. The van der Waals surface area contributed by atoms with E-state index in [1.54, 1.807) is 34.6 Å². The van der Waals surface area contributed by atoms with Crippen molar-refractivity contribution in [2.24, 2.45) is 5.16 Å². The summed E-state index contributed by atoms with van der Waals surface area (Å²) in [6.07, 6.45) is -0.774. The fourth-order valence-corrected chi connectivity index (χ4v) is 0.397. The molecule has 0 aliphatic carbocycles. The summed E-state index contributed by atoms with van der Waals surface area (Å²) in [5.74, 6) is 0. The van der Waals surface area contributed by atoms with Crippen LogP contribution in [0.3, 0.4) is 0 Å². The fourth-order valence-electron chi connectivity index (χ4n) is 0.397. The Kier molecular flexibility index (Phi) is 3.73. The Bertz CT molecular complexity index is 187. The Balaban J connectivity index is 3.84. The van der Waals surface area contributed by atoms with Gasteiger partial charge in [0, 0.05) is 0 Å². The molecule has 0 rings (SSSR count). The summed E-state index contributed by atoms with van der Waals surface area (Å²) in [5.41, 5.74) is 0.134. The first-order valence-corrected chi connectivity index (χ1v) is 3.72. The molecule has 0 unspecified atom stereocenters. The highest BCUT2D eigenvalue weighted by atomic mass is 16.8. The lowest BCUT2D eigenvalue weighted by Crippen LogP contribution is -2.23. The molecule has 0 aliphatic heterocycles. The molecule has 12 heavy (non-hydrogen) atoms. The van der Waals surface area contributed by atoms with E-state index in [-0.39, 0.29) is 0 Å². The number of ether oxygens (including phenoxy) is 1. The Morgan fingerprint density at radius 1 is 1.25 bits per heavy atom. The first-order chi connectivity index (χ1) is 5.31. The van der Waals surface area contributed by atoms with E-state index in [2.05, 4.69) is 9.99 Å². The van der Waals surface area contributed by atoms with Crippen LogP contribution in [0.15, 0.2) is 5.16 Å². The van der Waals surface area contributed by atoms with Gasteiger partial charge >= 0.3 is 6.16 Å². The molecule has 0 radical (unpaired) electrons. The maximum atomic E-state index is 10.8. The van der Waals surface area contributed by atoms with Crippen LogP contribution in [-0.4, -0.2) is 17.5 Å². The van der Waals surface area contributed by atoms with Crippen molar-refractivity contribution in [2.45, 2.75) is 40.2 Å². The van der Waals surface area contributed by atoms with E-state index >= 15 is 0 Å². The van der Waals surface area contributed by atoms with Crippen LogP contribution in [0.4, 0.5) is 4.79 Å². The lowest BCUT2D eigenvalue weighted by molar-refractivity contribution is -0.00627. The van der Waals surface area contributed by atoms with Crippen molar-refractivity contribution >= 4 is 11.9 Å². The first kappa shape index (κ1) is 10.9. The van der Waals surface area contributed by atoms with Crippen LogP contribution < -0.4 is 0 Å². The zero-order valence-electron chi connectivity index (χ0n) is 8.17. The molecule has 0 aromatic rings. The Morgan fingerprint density at radius 2 is 1.75 bits per heavy atom. The number of nitrogens with zero attached hydrogens (tertiary/aromatic N) is 1. The van der Waals surface area contributed by atoms with Crippen molar-refractivity contribution < 1.29 is 14.4 Å². The van der Waals surface area contributed by atoms with Crippen LogP contribution in [0.1, 0.15) is 34.6 Å². The highest BCUT2D eigenvalue weighted by Crippen LogP contribution is 2.07. The maximum Gasteiger partial charge on any atom is 0.535 e. The van der Waals surface area contributed by atoms with Gasteiger partial charge in [-0.05, 0) is 34.6 Å². The molecule has 0 saturated heterocycles. The summed E-state index contributed by atoms with van der Waals surface area (Å²) in [5, 5.41) is 3.45. The van der Waals surface area contributed by atoms with Gasteiger partial charge in [0.15, 0.2) is 0 Å². The van der Waals surface area contributed by atoms with Gasteiger partial charge in [0.2, 0.25) is 0 Å². The van der Waals surface area contributed by atoms with Crippen molar-refractivity contribution in [1.29, 1.82) is 0 Å². The van der Waals surface area contributed by atoms with Gasteiger partial charge < -0.3 is 4.74 Å². The van der Waals surface area contributed by atoms with E-state index in [1.807, 2.05) is 0 Å². The van der Waals surface area contributed by atoms with Gasteiger partial charge in [-0.2, -0.15) is 0 Å². The lowest BCUT2D eigenvalue weighted by Gasteiger charge is -2.17. The molecule has 0 fully saturated rings. The van der Waals surface area contributed by atoms with Gasteiger partial charge in [0.05, 0.1) is 5.71 Å². The second kappa shape index (κ2) is 4.09. The Labute approximate surface area is 72.5 Å². The topological polar surface area (TPSA) is 47.9 Å². The Morgan fingerprint density at radius 3 is 2.08 bits per heavy atom. The SMILES string of the molecule is CC(C)=NOC(=O)OC(C)(C)C. The van der Waals surface area contributed by atoms with Crippen molar-refractivity contribution in [1.82, 2.24) is 0 Å². The summed E-state index contributed by atoms with van der Waals surface area (Å²) in [7, 11) is 0. The molecule has 0 saturated carbocycles. The molecular weight excluding hydrogens is 158 g/mol. The molecule has 0 amide bonds. The smallest absolute Gasteiger partial charge is 0.427 e. The van der Waals surface area contributed by atoms with Crippen LogP contribution in [-0.2, 0) is 9.57 Å². The summed E-state index contributed by atoms with van der Waals surface area (Å²) in [6.45, 7) is 8.74. The van der Waals surface area contributed by atoms with Gasteiger partial charge in [-0.15, -0.1) is 0 Å². The van der Waals surface area contributed by atoms with Crippen LogP contribution in [0.25, 0.3) is 0 Å². The molecule has 4 nitrogen and oxygen atoms in total. The summed E-state index contributed by atoms with van der Waals surface area (Å²) >= 11 is 0. The second-order valence-corrected chi connectivity index (χ2v) is 3.59. The van der Waals surface area contributed by atoms with Crippen molar-refractivity contribution in [3.8, 4) is 0 Å². The minimum Gasteiger partial charge on any atom is -0.427 e. The number of rotatable bonds is 1. The highest BCUT2D eigenvalue weighted by Gasteiger charge is 2.17. The van der Waals surface area contributed by atoms with Gasteiger partial charge in [-0.1, -0.05) is 5.16 Å². The maximum absolute atomic E-state index is 10.8. The third kappa shape index (κ3) is 7.05. The third-order valence-electron chi connectivity index (χ3n) is 0.692. The number of carbonyl (C=O) groups excluding carboxylic acids is 1. The van der Waals surface area contributed by atoms with Crippen molar-refractivity contribution in [3.63, 3.8) is 0 Å². The molecule has 0 aliphatic rings. The zero-order chi connectivity index (χ0) is 9.78. The van der Waals surface area contributed by atoms with E-state index in [1.165, 1.54) is 0 Å². The molecule has 0 spiro atoms. The summed E-state index contributed by atoms with van der Waals surface area (Å²) < 4.78 is 4.82. The standard InChI is InChI=1S/C8H15NO3/c1-6(2)9-12-7(10)11-8(3,4)5/h1-5H3. The molecule has 0 bridgehead atoms. The van der Waals surface area contributed by atoms with E-state index in [4.69, 9.17) is 4.74 Å². The molecule has 0 N–H and O–H groups in total. The van der Waals surface area contributed by atoms with Gasteiger partial charge in [0.1, 0.15) is 5.60 Å². The van der Waals surface area contributed by atoms with Crippen LogP contribution in [0, 0.1) is 0 Å². The summed E-state index contributed by atoms with van der Waals surface area (Å²) in [6, 6.07) is 0. The average molecular weight is 173 g/mol. The molecule has 0 aromatic heterocycles. The molecule has 70 valence electrons. The predicted molar refractivity (Wildman–Crippen MR) is 46.1 cm³/mol. The van der Waals surface area contributed by atoms with Crippen molar-refractivity contribution in [2.75, 3.05) is 0 Å². The zero-order valence-corrected chi connectivity index (χ0v) is 8.17. The number of oxime groups is 1. The number of hydrogen-bond acceptors (Lipinski definition) is 4. The monoisotopic (exact) mass is 173 g/mol. The van der Waals surface area contributed by atoms with E-state index in [0.29, 0.717) is 5.71 Å². The molecule has 4 heteroatoms. The van der Waals surface area contributed by atoms with Gasteiger partial charge in [-0.25, -0.2) is 4.79 Å². The van der Waals surface area contributed by atoms with Crippen LogP contribution >= 0.6 is 0 Å².